The lowest BCUT2D eigenvalue weighted by Crippen LogP contribution is -2.21. The molecule has 4 unspecified atom stereocenters. The second kappa shape index (κ2) is 5.41. The number of rotatable bonds is 6. The van der Waals surface area contributed by atoms with Gasteiger partial charge in [-0.05, 0) is 37.0 Å². The second-order valence-electron chi connectivity index (χ2n) is 4.44. The average molecular weight is 194 g/mol. The Morgan fingerprint density at radius 2 is 2.29 bits per heavy atom. The first-order chi connectivity index (χ1) is 6.74. The second-order valence-corrected chi connectivity index (χ2v) is 4.44. The van der Waals surface area contributed by atoms with Crippen LogP contribution in [0.5, 0.6) is 0 Å². The van der Waals surface area contributed by atoms with Gasteiger partial charge in [-0.3, -0.25) is 0 Å². The van der Waals surface area contributed by atoms with E-state index < -0.39 is 0 Å². The molecule has 0 aromatic heterocycles. The Kier molecular flexibility index (Phi) is 4.48. The zero-order valence-electron chi connectivity index (χ0n) is 9.62. The van der Waals surface area contributed by atoms with Gasteiger partial charge in [0.1, 0.15) is 0 Å². The molecule has 1 nitrogen and oxygen atoms in total. The molecule has 0 aromatic carbocycles. The van der Waals surface area contributed by atoms with E-state index in [1.54, 1.807) is 0 Å². The first kappa shape index (κ1) is 11.6. The van der Waals surface area contributed by atoms with Gasteiger partial charge in [-0.15, -0.1) is 12.3 Å². The molecule has 0 aliphatic heterocycles. The van der Waals surface area contributed by atoms with Crippen LogP contribution in [0.15, 0.2) is 0 Å². The Balaban J connectivity index is 2.27. The molecule has 80 valence electrons. The Morgan fingerprint density at radius 1 is 1.57 bits per heavy atom. The van der Waals surface area contributed by atoms with Crippen molar-refractivity contribution in [2.45, 2.75) is 45.6 Å². The minimum atomic E-state index is 0.441. The van der Waals surface area contributed by atoms with Crippen LogP contribution in [0.4, 0.5) is 0 Å². The molecule has 0 aromatic rings. The van der Waals surface area contributed by atoms with Crippen LogP contribution in [0.1, 0.15) is 39.5 Å². The average Bonchev–Trinajstić information content (AvgIpc) is 2.95. The molecule has 1 fully saturated rings. The summed E-state index contributed by atoms with van der Waals surface area (Å²) >= 11 is 0. The molecule has 4 atom stereocenters. The molecule has 14 heavy (non-hydrogen) atoms. The topological polar surface area (TPSA) is 9.23 Å². The fourth-order valence-corrected chi connectivity index (χ4v) is 2.54. The van der Waals surface area contributed by atoms with Gasteiger partial charge in [-0.25, -0.2) is 0 Å². The van der Waals surface area contributed by atoms with Crippen molar-refractivity contribution in [2.24, 2.45) is 17.8 Å². The smallest absolute Gasteiger partial charge is 0.0597 e. The van der Waals surface area contributed by atoms with E-state index in [0.717, 1.165) is 24.7 Å². The van der Waals surface area contributed by atoms with Crippen LogP contribution in [0.25, 0.3) is 0 Å². The highest BCUT2D eigenvalue weighted by Crippen LogP contribution is 2.48. The summed E-state index contributed by atoms with van der Waals surface area (Å²) in [4.78, 5) is 0. The van der Waals surface area contributed by atoms with Crippen LogP contribution in [0.3, 0.4) is 0 Å². The minimum absolute atomic E-state index is 0.441. The van der Waals surface area contributed by atoms with Crippen molar-refractivity contribution in [3.63, 3.8) is 0 Å². The van der Waals surface area contributed by atoms with Crippen molar-refractivity contribution < 1.29 is 4.74 Å². The monoisotopic (exact) mass is 194 g/mol. The first-order valence-electron chi connectivity index (χ1n) is 5.70. The van der Waals surface area contributed by atoms with E-state index in [2.05, 4.69) is 19.8 Å². The van der Waals surface area contributed by atoms with Crippen LogP contribution in [0, 0.1) is 30.1 Å². The maximum atomic E-state index is 5.48. The zero-order valence-corrected chi connectivity index (χ0v) is 9.62. The molecular formula is C13H22O. The van der Waals surface area contributed by atoms with Gasteiger partial charge in [-0.1, -0.05) is 13.8 Å². The molecule has 1 aliphatic carbocycles. The SMILES string of the molecule is C#CCCC1CC1C(C)C(CC)OC. The number of hydrogen-bond acceptors (Lipinski definition) is 1. The highest BCUT2D eigenvalue weighted by Gasteiger charge is 2.42. The third-order valence-electron chi connectivity index (χ3n) is 3.60. The maximum absolute atomic E-state index is 5.48. The number of terminal acetylenes is 1. The predicted molar refractivity (Wildman–Crippen MR) is 59.9 cm³/mol. The summed E-state index contributed by atoms with van der Waals surface area (Å²) in [6, 6.07) is 0. The van der Waals surface area contributed by atoms with Crippen molar-refractivity contribution in [1.29, 1.82) is 0 Å². The van der Waals surface area contributed by atoms with E-state index in [-0.39, 0.29) is 0 Å². The Labute approximate surface area is 88.2 Å². The third-order valence-corrected chi connectivity index (χ3v) is 3.60. The van der Waals surface area contributed by atoms with Crippen LogP contribution in [-0.2, 0) is 4.74 Å². The molecule has 1 saturated carbocycles. The maximum Gasteiger partial charge on any atom is 0.0597 e. The summed E-state index contributed by atoms with van der Waals surface area (Å²) in [5.41, 5.74) is 0. The van der Waals surface area contributed by atoms with Gasteiger partial charge in [0.2, 0.25) is 0 Å². The fourth-order valence-electron chi connectivity index (χ4n) is 2.54. The molecule has 0 saturated heterocycles. The van der Waals surface area contributed by atoms with Gasteiger partial charge in [0.05, 0.1) is 6.10 Å². The molecular weight excluding hydrogens is 172 g/mol. The Morgan fingerprint density at radius 3 is 2.79 bits per heavy atom. The minimum Gasteiger partial charge on any atom is -0.381 e. The van der Waals surface area contributed by atoms with Gasteiger partial charge in [0, 0.05) is 13.5 Å². The highest BCUT2D eigenvalue weighted by atomic mass is 16.5. The predicted octanol–water partition coefficient (Wildman–Crippen LogP) is 3.10. The van der Waals surface area contributed by atoms with E-state index in [9.17, 15) is 0 Å². The van der Waals surface area contributed by atoms with Crippen LogP contribution >= 0.6 is 0 Å². The van der Waals surface area contributed by atoms with Gasteiger partial charge >= 0.3 is 0 Å². The number of hydrogen-bond donors (Lipinski definition) is 0. The summed E-state index contributed by atoms with van der Waals surface area (Å²) in [6.07, 6.45) is 10.3. The van der Waals surface area contributed by atoms with Crippen molar-refractivity contribution in [1.82, 2.24) is 0 Å². The molecule has 0 spiro atoms. The molecule has 1 heteroatoms. The van der Waals surface area contributed by atoms with Crippen molar-refractivity contribution in [2.75, 3.05) is 7.11 Å². The lowest BCUT2D eigenvalue weighted by molar-refractivity contribution is 0.0453. The normalized spacial score (nSPS) is 29.3. The third kappa shape index (κ3) is 2.75. The lowest BCUT2D eigenvalue weighted by atomic mass is 9.95. The standard InChI is InChI=1S/C13H22O/c1-5-7-8-11-9-12(11)10(3)13(6-2)14-4/h1,10-13H,6-9H2,2-4H3. The summed E-state index contributed by atoms with van der Waals surface area (Å²) in [5.74, 6) is 5.17. The van der Waals surface area contributed by atoms with Crippen molar-refractivity contribution in [3.8, 4) is 12.3 Å². The summed E-state index contributed by atoms with van der Waals surface area (Å²) in [7, 11) is 1.82. The Bertz CT molecular complexity index is 200. The van der Waals surface area contributed by atoms with E-state index in [0.29, 0.717) is 12.0 Å². The molecule has 0 amide bonds. The quantitative estimate of drug-likeness (QED) is 0.590. The van der Waals surface area contributed by atoms with Crippen LogP contribution in [0.2, 0.25) is 0 Å². The summed E-state index contributed by atoms with van der Waals surface area (Å²) in [5, 5.41) is 0. The van der Waals surface area contributed by atoms with Gasteiger partial charge in [-0.2, -0.15) is 0 Å². The van der Waals surface area contributed by atoms with E-state index in [4.69, 9.17) is 11.2 Å². The Hall–Kier alpha value is -0.480. The zero-order chi connectivity index (χ0) is 10.6. The molecule has 0 heterocycles. The summed E-state index contributed by atoms with van der Waals surface area (Å²) in [6.45, 7) is 4.52. The van der Waals surface area contributed by atoms with Crippen molar-refractivity contribution >= 4 is 0 Å². The van der Waals surface area contributed by atoms with E-state index >= 15 is 0 Å². The molecule has 0 radical (unpaired) electrons. The molecule has 1 aliphatic rings. The highest BCUT2D eigenvalue weighted by molar-refractivity contribution is 4.95. The van der Waals surface area contributed by atoms with Crippen LogP contribution < -0.4 is 0 Å². The molecule has 0 N–H and O–H groups in total. The van der Waals surface area contributed by atoms with E-state index in [1.807, 2.05) is 7.11 Å². The van der Waals surface area contributed by atoms with Gasteiger partial charge in [0.25, 0.3) is 0 Å². The lowest BCUT2D eigenvalue weighted by Gasteiger charge is -2.21. The van der Waals surface area contributed by atoms with Gasteiger partial charge in [0.15, 0.2) is 0 Å². The van der Waals surface area contributed by atoms with Crippen molar-refractivity contribution in [3.05, 3.63) is 0 Å². The summed E-state index contributed by atoms with van der Waals surface area (Å²) < 4.78 is 5.48. The fraction of sp³-hybridized carbons (Fsp3) is 0.846. The molecule has 0 bridgehead atoms. The van der Waals surface area contributed by atoms with Gasteiger partial charge < -0.3 is 4.74 Å². The van der Waals surface area contributed by atoms with Crippen LogP contribution in [-0.4, -0.2) is 13.2 Å². The number of methoxy groups -OCH3 is 1. The first-order valence-corrected chi connectivity index (χ1v) is 5.70. The number of ether oxygens (including phenoxy) is 1. The van der Waals surface area contributed by atoms with E-state index in [1.165, 1.54) is 12.8 Å². The molecule has 1 rings (SSSR count). The largest absolute Gasteiger partial charge is 0.381 e.